The van der Waals surface area contributed by atoms with E-state index in [2.05, 4.69) is 15.1 Å². The van der Waals surface area contributed by atoms with Crippen LogP contribution in [-0.2, 0) is 28.9 Å². The minimum absolute atomic E-state index is 0.189. The van der Waals surface area contributed by atoms with E-state index in [1.54, 1.807) is 28.8 Å². The first-order valence-corrected chi connectivity index (χ1v) is 14.6. The number of hydrogen-bond donors (Lipinski definition) is 0. The molecule has 0 spiro atoms. The standard InChI is InChI=1S/C23H21N3O6S3/c1-31-32-33-19-10-4-16(5-11-19)22-24-25-23(17-6-12-20(13-7-17)34(2,27)28)26(22)18-8-14-21(15-9-18)35(3,29)30/h4-15H,1-3H3. The van der Waals surface area contributed by atoms with Gasteiger partial charge in [-0.1, -0.05) is 0 Å². The van der Waals surface area contributed by atoms with Crippen LogP contribution in [0.4, 0.5) is 0 Å². The Kier molecular flexibility index (Phi) is 7.10. The maximum atomic E-state index is 11.9. The summed E-state index contributed by atoms with van der Waals surface area (Å²) < 4.78 is 54.2. The number of hydrogen-bond acceptors (Lipinski definition) is 9. The highest BCUT2D eigenvalue weighted by molar-refractivity contribution is 7.94. The largest absolute Gasteiger partial charge is 0.275 e. The summed E-state index contributed by atoms with van der Waals surface area (Å²) in [5.74, 6) is 0.983. The van der Waals surface area contributed by atoms with Crippen molar-refractivity contribution in [2.75, 3.05) is 19.6 Å². The van der Waals surface area contributed by atoms with E-state index in [4.69, 9.17) is 4.33 Å². The quantitative estimate of drug-likeness (QED) is 0.189. The van der Waals surface area contributed by atoms with Gasteiger partial charge < -0.3 is 0 Å². The molecule has 1 aromatic heterocycles. The highest BCUT2D eigenvalue weighted by atomic mass is 32.2. The van der Waals surface area contributed by atoms with Crippen molar-refractivity contribution in [3.05, 3.63) is 72.8 Å². The predicted molar refractivity (Wildman–Crippen MR) is 132 cm³/mol. The van der Waals surface area contributed by atoms with Gasteiger partial charge in [-0.2, -0.15) is 4.33 Å². The van der Waals surface area contributed by atoms with E-state index < -0.39 is 19.7 Å². The number of benzene rings is 3. The Morgan fingerprint density at radius 2 is 1.11 bits per heavy atom. The summed E-state index contributed by atoms with van der Waals surface area (Å²) in [6.45, 7) is 0. The van der Waals surface area contributed by atoms with Crippen molar-refractivity contribution in [1.82, 2.24) is 14.8 Å². The molecular weight excluding hydrogens is 510 g/mol. The average Bonchev–Trinajstić information content (AvgIpc) is 3.27. The van der Waals surface area contributed by atoms with E-state index in [0.717, 1.165) is 35.0 Å². The summed E-state index contributed by atoms with van der Waals surface area (Å²) in [6, 6.07) is 20.1. The average molecular weight is 532 g/mol. The van der Waals surface area contributed by atoms with Gasteiger partial charge in [-0.15, -0.1) is 10.2 Å². The molecule has 0 bridgehead atoms. The summed E-state index contributed by atoms with van der Waals surface area (Å²) in [4.78, 5) is 5.80. The van der Waals surface area contributed by atoms with Crippen molar-refractivity contribution in [3.8, 4) is 28.5 Å². The fraction of sp³-hybridized carbons (Fsp3) is 0.130. The third kappa shape index (κ3) is 5.63. The third-order valence-electron chi connectivity index (χ3n) is 5.04. The van der Waals surface area contributed by atoms with Crippen molar-refractivity contribution in [3.63, 3.8) is 0 Å². The molecule has 4 aromatic rings. The van der Waals surface area contributed by atoms with Gasteiger partial charge in [0.2, 0.25) is 0 Å². The van der Waals surface area contributed by atoms with Crippen LogP contribution in [0.25, 0.3) is 28.5 Å². The molecule has 3 aromatic carbocycles. The summed E-state index contributed by atoms with van der Waals surface area (Å²) in [6.07, 6.45) is 2.29. The molecule has 0 radical (unpaired) electrons. The second-order valence-electron chi connectivity index (χ2n) is 7.59. The van der Waals surface area contributed by atoms with Gasteiger partial charge in [0.25, 0.3) is 0 Å². The third-order valence-corrected chi connectivity index (χ3v) is 7.96. The van der Waals surface area contributed by atoms with Gasteiger partial charge in [-0.3, -0.25) is 4.57 Å². The van der Waals surface area contributed by atoms with Gasteiger partial charge >= 0.3 is 0 Å². The maximum Gasteiger partial charge on any atom is 0.175 e. The summed E-state index contributed by atoms with van der Waals surface area (Å²) in [5.41, 5.74) is 2.04. The van der Waals surface area contributed by atoms with Gasteiger partial charge in [-0.25, -0.2) is 21.7 Å². The van der Waals surface area contributed by atoms with Crippen molar-refractivity contribution in [2.24, 2.45) is 0 Å². The Morgan fingerprint density at radius 1 is 0.686 bits per heavy atom. The minimum atomic E-state index is -3.37. The first kappa shape index (κ1) is 25.1. The van der Waals surface area contributed by atoms with Crippen molar-refractivity contribution < 1.29 is 26.1 Å². The maximum absolute atomic E-state index is 11.9. The van der Waals surface area contributed by atoms with E-state index >= 15 is 0 Å². The van der Waals surface area contributed by atoms with Gasteiger partial charge in [0.1, 0.15) is 0 Å². The molecule has 1 heterocycles. The topological polar surface area (TPSA) is 117 Å². The minimum Gasteiger partial charge on any atom is -0.275 e. The monoisotopic (exact) mass is 531 g/mol. The highest BCUT2D eigenvalue weighted by Crippen LogP contribution is 2.31. The van der Waals surface area contributed by atoms with E-state index in [1.807, 2.05) is 24.3 Å². The lowest BCUT2D eigenvalue weighted by Gasteiger charge is -2.12. The van der Waals surface area contributed by atoms with Gasteiger partial charge in [0.15, 0.2) is 31.3 Å². The Balaban J connectivity index is 1.84. The zero-order valence-electron chi connectivity index (χ0n) is 18.9. The normalized spacial score (nSPS) is 12.1. The Bertz CT molecular complexity index is 1550. The fourth-order valence-corrected chi connectivity index (χ4v) is 4.98. The van der Waals surface area contributed by atoms with Crippen molar-refractivity contribution in [2.45, 2.75) is 14.7 Å². The molecule has 0 amide bonds. The SMILES string of the molecule is COOSc1ccc(-c2nnc(-c3ccc(S(C)(=O)=O)cc3)n2-c2ccc(S(C)(=O)=O)cc2)cc1. The number of sulfone groups is 2. The highest BCUT2D eigenvalue weighted by Gasteiger charge is 2.19. The van der Waals surface area contributed by atoms with E-state index in [0.29, 0.717) is 22.9 Å². The fourth-order valence-electron chi connectivity index (χ4n) is 3.33. The van der Waals surface area contributed by atoms with Crippen LogP contribution in [0.3, 0.4) is 0 Å². The summed E-state index contributed by atoms with van der Waals surface area (Å²) in [5, 5.41) is 8.76. The van der Waals surface area contributed by atoms with E-state index in [9.17, 15) is 16.8 Å². The van der Waals surface area contributed by atoms with Gasteiger partial charge in [0, 0.05) is 34.2 Å². The van der Waals surface area contributed by atoms with Crippen LogP contribution in [0.15, 0.2) is 87.5 Å². The van der Waals surface area contributed by atoms with Crippen LogP contribution in [0.1, 0.15) is 0 Å². The number of nitrogens with zero attached hydrogens (tertiary/aromatic N) is 3. The number of aromatic nitrogens is 3. The first-order valence-electron chi connectivity index (χ1n) is 10.1. The Morgan fingerprint density at radius 3 is 1.54 bits per heavy atom. The molecule has 0 atom stereocenters. The Hall–Kier alpha value is -3.03. The molecule has 0 unspecified atom stereocenters. The van der Waals surface area contributed by atoms with Crippen LogP contribution >= 0.6 is 12.0 Å². The van der Waals surface area contributed by atoms with Crippen molar-refractivity contribution in [1.29, 1.82) is 0 Å². The lowest BCUT2D eigenvalue weighted by Crippen LogP contribution is -2.03. The zero-order chi connectivity index (χ0) is 25.2. The van der Waals surface area contributed by atoms with Gasteiger partial charge in [0.05, 0.1) is 28.9 Å². The smallest absolute Gasteiger partial charge is 0.175 e. The molecule has 0 saturated carbocycles. The molecule has 0 saturated heterocycles. The molecular formula is C23H21N3O6S3. The van der Waals surface area contributed by atoms with Crippen molar-refractivity contribution >= 4 is 31.7 Å². The molecule has 9 nitrogen and oxygen atoms in total. The summed E-state index contributed by atoms with van der Waals surface area (Å²) >= 11 is 1.06. The van der Waals surface area contributed by atoms with Crippen LogP contribution in [-0.4, -0.2) is 51.2 Å². The molecule has 0 N–H and O–H groups in total. The lowest BCUT2D eigenvalue weighted by atomic mass is 10.1. The van der Waals surface area contributed by atoms with Crippen LogP contribution in [0.2, 0.25) is 0 Å². The van der Waals surface area contributed by atoms with Crippen LogP contribution in [0.5, 0.6) is 0 Å². The number of rotatable bonds is 8. The molecule has 182 valence electrons. The second-order valence-corrected chi connectivity index (χ2v) is 12.4. The van der Waals surface area contributed by atoms with Crippen LogP contribution in [0, 0.1) is 0 Å². The second kappa shape index (κ2) is 9.91. The first-order chi connectivity index (χ1) is 16.6. The van der Waals surface area contributed by atoms with Crippen LogP contribution < -0.4 is 0 Å². The molecule has 35 heavy (non-hydrogen) atoms. The molecule has 0 fully saturated rings. The predicted octanol–water partition coefficient (Wildman–Crippen LogP) is 3.99. The van der Waals surface area contributed by atoms with E-state index in [1.165, 1.54) is 31.4 Å². The molecule has 12 heteroatoms. The Labute approximate surface area is 207 Å². The molecule has 0 aliphatic rings. The zero-order valence-corrected chi connectivity index (χ0v) is 21.4. The molecule has 0 aliphatic heterocycles. The van der Waals surface area contributed by atoms with Gasteiger partial charge in [-0.05, 0) is 72.8 Å². The lowest BCUT2D eigenvalue weighted by molar-refractivity contribution is -0.160. The molecule has 4 rings (SSSR count). The summed E-state index contributed by atoms with van der Waals surface area (Å²) in [7, 11) is -5.30. The van der Waals surface area contributed by atoms with E-state index in [-0.39, 0.29) is 9.79 Å². The molecule has 0 aliphatic carbocycles.